The van der Waals surface area contributed by atoms with Gasteiger partial charge in [-0.25, -0.2) is 0 Å². The van der Waals surface area contributed by atoms with E-state index in [0.29, 0.717) is 11.4 Å². The Hall–Kier alpha value is -1.63. The molecule has 0 unspecified atom stereocenters. The lowest BCUT2D eigenvalue weighted by Gasteiger charge is -2.16. The summed E-state index contributed by atoms with van der Waals surface area (Å²) < 4.78 is 45.5. The summed E-state index contributed by atoms with van der Waals surface area (Å²) in [5, 5.41) is 6.32. The normalized spacial score (nSPS) is 19.3. The van der Waals surface area contributed by atoms with Gasteiger partial charge >= 0.3 is 6.36 Å². The third kappa shape index (κ3) is 4.20. The van der Waals surface area contributed by atoms with Crippen LogP contribution in [0, 0.1) is 0 Å². The maximum atomic E-state index is 12.2. The zero-order chi connectivity index (χ0) is 13.9. The molecular weight excluding hydrogens is 261 g/mol. The van der Waals surface area contributed by atoms with Crippen molar-refractivity contribution in [1.29, 1.82) is 0 Å². The molecule has 1 saturated heterocycles. The van der Waals surface area contributed by atoms with Gasteiger partial charge in [0.25, 0.3) is 0 Å². The fraction of sp³-hybridized carbons (Fsp3) is 0.500. The summed E-state index contributed by atoms with van der Waals surface area (Å²) in [7, 11) is 1.40. The number of anilines is 1. The van der Waals surface area contributed by atoms with E-state index in [1.165, 1.54) is 19.2 Å². The largest absolute Gasteiger partial charge is 0.573 e. The van der Waals surface area contributed by atoms with Crippen molar-refractivity contribution in [2.24, 2.45) is 0 Å². The average molecular weight is 276 g/mol. The molecule has 0 radical (unpaired) electrons. The smallest absolute Gasteiger partial charge is 0.497 e. The Bertz CT molecular complexity index is 431. The Morgan fingerprint density at radius 2 is 2.00 bits per heavy atom. The van der Waals surface area contributed by atoms with Gasteiger partial charge in [-0.1, -0.05) is 0 Å². The highest BCUT2D eigenvalue weighted by molar-refractivity contribution is 5.54. The van der Waals surface area contributed by atoms with Gasteiger partial charge in [0.15, 0.2) is 0 Å². The summed E-state index contributed by atoms with van der Waals surface area (Å²) in [5.74, 6) is 0.0236. The van der Waals surface area contributed by atoms with E-state index < -0.39 is 6.36 Å². The number of nitrogens with one attached hydrogen (secondary N) is 2. The molecule has 4 nitrogen and oxygen atoms in total. The molecule has 7 heteroatoms. The number of hydrogen-bond acceptors (Lipinski definition) is 4. The van der Waals surface area contributed by atoms with Crippen LogP contribution in [0.15, 0.2) is 18.2 Å². The molecule has 0 bridgehead atoms. The zero-order valence-corrected chi connectivity index (χ0v) is 10.4. The summed E-state index contributed by atoms with van der Waals surface area (Å²) in [6.07, 6.45) is -3.79. The van der Waals surface area contributed by atoms with Crippen molar-refractivity contribution >= 4 is 5.69 Å². The first kappa shape index (κ1) is 13.8. The van der Waals surface area contributed by atoms with Crippen molar-refractivity contribution < 1.29 is 22.6 Å². The van der Waals surface area contributed by atoms with Gasteiger partial charge in [0, 0.05) is 36.5 Å². The van der Waals surface area contributed by atoms with Gasteiger partial charge < -0.3 is 20.1 Å². The molecule has 1 atom stereocenters. The van der Waals surface area contributed by atoms with Crippen molar-refractivity contribution in [3.63, 3.8) is 0 Å². The Labute approximate surface area is 108 Å². The number of halogens is 3. The number of methoxy groups -OCH3 is 1. The third-order valence-electron chi connectivity index (χ3n) is 2.78. The highest BCUT2D eigenvalue weighted by atomic mass is 19.4. The number of hydrogen-bond donors (Lipinski definition) is 2. The van der Waals surface area contributed by atoms with Crippen LogP contribution in [0.2, 0.25) is 0 Å². The van der Waals surface area contributed by atoms with Gasteiger partial charge in [0.05, 0.1) is 7.11 Å². The monoisotopic (exact) mass is 276 g/mol. The summed E-state index contributed by atoms with van der Waals surface area (Å²) in [5.41, 5.74) is 0.548. The van der Waals surface area contributed by atoms with Gasteiger partial charge in [-0.05, 0) is 13.0 Å². The zero-order valence-electron chi connectivity index (χ0n) is 10.4. The maximum Gasteiger partial charge on any atom is 0.573 e. The SMILES string of the molecule is COc1cc(N[C@@H]2CCNC2)cc(OC(F)(F)F)c1. The van der Waals surface area contributed by atoms with Crippen molar-refractivity contribution in [2.45, 2.75) is 18.8 Å². The molecule has 106 valence electrons. The summed E-state index contributed by atoms with van der Waals surface area (Å²) in [4.78, 5) is 0. The van der Waals surface area contributed by atoms with Crippen LogP contribution in [0.5, 0.6) is 11.5 Å². The molecule has 2 N–H and O–H groups in total. The van der Waals surface area contributed by atoms with E-state index in [1.54, 1.807) is 6.07 Å². The molecule has 0 amide bonds. The van der Waals surface area contributed by atoms with Crippen LogP contribution >= 0.6 is 0 Å². The molecular formula is C12H15F3N2O2. The van der Waals surface area contributed by atoms with Gasteiger partial charge in [-0.2, -0.15) is 0 Å². The van der Waals surface area contributed by atoms with E-state index in [4.69, 9.17) is 4.74 Å². The van der Waals surface area contributed by atoms with Gasteiger partial charge in [0.2, 0.25) is 0 Å². The summed E-state index contributed by atoms with van der Waals surface area (Å²) in [6, 6.07) is 4.35. The molecule has 0 aliphatic carbocycles. The second kappa shape index (κ2) is 5.56. The fourth-order valence-corrected chi connectivity index (χ4v) is 1.98. The molecule has 0 spiro atoms. The highest BCUT2D eigenvalue weighted by Gasteiger charge is 2.31. The summed E-state index contributed by atoms with van der Waals surface area (Å²) >= 11 is 0. The molecule has 1 fully saturated rings. The van der Waals surface area contributed by atoms with Crippen LogP contribution in [0.25, 0.3) is 0 Å². The number of rotatable bonds is 4. The van der Waals surface area contributed by atoms with E-state index in [9.17, 15) is 13.2 Å². The topological polar surface area (TPSA) is 42.5 Å². The van der Waals surface area contributed by atoms with Gasteiger partial charge in [-0.3, -0.25) is 0 Å². The first-order valence-corrected chi connectivity index (χ1v) is 5.88. The number of ether oxygens (including phenoxy) is 2. The number of alkyl halides is 3. The lowest BCUT2D eigenvalue weighted by molar-refractivity contribution is -0.274. The molecule has 1 aromatic carbocycles. The highest BCUT2D eigenvalue weighted by Crippen LogP contribution is 2.30. The first-order chi connectivity index (χ1) is 8.96. The van der Waals surface area contributed by atoms with E-state index >= 15 is 0 Å². The molecule has 2 rings (SSSR count). The van der Waals surface area contributed by atoms with Gasteiger partial charge in [0.1, 0.15) is 11.5 Å². The van der Waals surface area contributed by atoms with E-state index in [0.717, 1.165) is 19.5 Å². The standard InChI is InChI=1S/C12H15F3N2O2/c1-18-10-4-9(17-8-2-3-16-7-8)5-11(6-10)19-12(13,14)15/h4-6,8,16-17H,2-3,7H2,1H3/t8-/m1/s1. The number of benzene rings is 1. The molecule has 1 aliphatic rings. The van der Waals surface area contributed by atoms with Crippen molar-refractivity contribution in [1.82, 2.24) is 5.32 Å². The third-order valence-corrected chi connectivity index (χ3v) is 2.78. The lowest BCUT2D eigenvalue weighted by atomic mass is 10.2. The quantitative estimate of drug-likeness (QED) is 0.886. The average Bonchev–Trinajstić information content (AvgIpc) is 2.79. The van der Waals surface area contributed by atoms with Crippen LogP contribution in [0.1, 0.15) is 6.42 Å². The minimum Gasteiger partial charge on any atom is -0.497 e. The molecule has 1 aliphatic heterocycles. The van der Waals surface area contributed by atoms with E-state index in [2.05, 4.69) is 15.4 Å². The minimum absolute atomic E-state index is 0.200. The predicted octanol–water partition coefficient (Wildman–Crippen LogP) is 2.37. The second-order valence-corrected chi connectivity index (χ2v) is 4.28. The first-order valence-electron chi connectivity index (χ1n) is 5.88. The Kier molecular flexibility index (Phi) is 4.04. The molecule has 1 aromatic rings. The van der Waals surface area contributed by atoms with Crippen molar-refractivity contribution in [3.8, 4) is 11.5 Å². The maximum absolute atomic E-state index is 12.2. The van der Waals surface area contributed by atoms with Crippen molar-refractivity contribution in [3.05, 3.63) is 18.2 Å². The Morgan fingerprint density at radius 1 is 1.26 bits per heavy atom. The fourth-order valence-electron chi connectivity index (χ4n) is 1.98. The van der Waals surface area contributed by atoms with Crippen molar-refractivity contribution in [2.75, 3.05) is 25.5 Å². The minimum atomic E-state index is -4.71. The van der Waals surface area contributed by atoms with Crippen LogP contribution in [0.3, 0.4) is 0 Å². The summed E-state index contributed by atoms with van der Waals surface area (Å²) in [6.45, 7) is 1.68. The molecule has 0 aromatic heterocycles. The van der Waals surface area contributed by atoms with Crippen LogP contribution in [-0.4, -0.2) is 32.6 Å². The van der Waals surface area contributed by atoms with Crippen LogP contribution in [-0.2, 0) is 0 Å². The van der Waals surface area contributed by atoms with Gasteiger partial charge in [-0.15, -0.1) is 13.2 Å². The molecule has 1 heterocycles. The van der Waals surface area contributed by atoms with Crippen LogP contribution < -0.4 is 20.1 Å². The van der Waals surface area contributed by atoms with E-state index in [-0.39, 0.29) is 11.8 Å². The lowest BCUT2D eigenvalue weighted by Crippen LogP contribution is -2.22. The van der Waals surface area contributed by atoms with E-state index in [1.807, 2.05) is 0 Å². The predicted molar refractivity (Wildman–Crippen MR) is 64.6 cm³/mol. The molecule has 0 saturated carbocycles. The Balaban J connectivity index is 2.15. The van der Waals surface area contributed by atoms with Crippen LogP contribution in [0.4, 0.5) is 18.9 Å². The Morgan fingerprint density at radius 3 is 2.58 bits per heavy atom. The second-order valence-electron chi connectivity index (χ2n) is 4.28. The molecule has 19 heavy (non-hydrogen) atoms.